The number of urea groups is 1. The van der Waals surface area contributed by atoms with E-state index in [9.17, 15) is 9.59 Å². The van der Waals surface area contributed by atoms with E-state index in [0.717, 1.165) is 37.1 Å². The Morgan fingerprint density at radius 3 is 2.48 bits per heavy atom. The highest BCUT2D eigenvalue weighted by molar-refractivity contribution is 5.87. The molecule has 1 fully saturated rings. The van der Waals surface area contributed by atoms with Crippen molar-refractivity contribution in [2.24, 2.45) is 11.5 Å². The van der Waals surface area contributed by atoms with Crippen LogP contribution in [0.1, 0.15) is 30.0 Å². The van der Waals surface area contributed by atoms with Crippen molar-refractivity contribution < 1.29 is 9.59 Å². The summed E-state index contributed by atoms with van der Waals surface area (Å²) in [6.45, 7) is 2.24. The van der Waals surface area contributed by atoms with Crippen molar-refractivity contribution in [3.8, 4) is 0 Å². The molecule has 0 radical (unpaired) electrons. The van der Waals surface area contributed by atoms with Crippen molar-refractivity contribution >= 4 is 11.9 Å². The van der Waals surface area contributed by atoms with Gasteiger partial charge in [-0.15, -0.1) is 0 Å². The maximum Gasteiger partial charge on any atom is 0.315 e. The van der Waals surface area contributed by atoms with E-state index in [0.29, 0.717) is 6.54 Å². The molecule has 0 aromatic heterocycles. The van der Waals surface area contributed by atoms with Gasteiger partial charge in [-0.05, 0) is 37.1 Å². The molecule has 2 heterocycles. The molecule has 112 valence electrons. The lowest BCUT2D eigenvalue weighted by molar-refractivity contribution is -0.123. The third-order valence-corrected chi connectivity index (χ3v) is 4.72. The van der Waals surface area contributed by atoms with Gasteiger partial charge in [0.1, 0.15) is 6.04 Å². The highest BCUT2D eigenvalue weighted by Gasteiger charge is 2.46. The second-order valence-electron chi connectivity index (χ2n) is 5.89. The SMILES string of the molecule is NC(=O)C1c2ccccc2C2(CCNCC2)CN1C(N)=O. The number of carbonyl (C=O) groups is 2. The van der Waals surface area contributed by atoms with Gasteiger partial charge in [0.15, 0.2) is 0 Å². The monoisotopic (exact) mass is 288 g/mol. The van der Waals surface area contributed by atoms with Crippen molar-refractivity contribution in [1.82, 2.24) is 10.2 Å². The fourth-order valence-corrected chi connectivity index (χ4v) is 3.73. The number of hydrogen-bond donors (Lipinski definition) is 3. The summed E-state index contributed by atoms with van der Waals surface area (Å²) >= 11 is 0. The van der Waals surface area contributed by atoms with Crippen LogP contribution in [0.2, 0.25) is 0 Å². The zero-order chi connectivity index (χ0) is 15.0. The highest BCUT2D eigenvalue weighted by atomic mass is 16.2. The lowest BCUT2D eigenvalue weighted by Gasteiger charge is -2.48. The van der Waals surface area contributed by atoms with Gasteiger partial charge in [-0.1, -0.05) is 24.3 Å². The maximum atomic E-state index is 11.9. The Bertz CT molecular complexity index is 581. The Morgan fingerprint density at radius 1 is 1.19 bits per heavy atom. The van der Waals surface area contributed by atoms with Crippen molar-refractivity contribution in [3.63, 3.8) is 0 Å². The summed E-state index contributed by atoms with van der Waals surface area (Å²) in [7, 11) is 0. The van der Waals surface area contributed by atoms with Crippen molar-refractivity contribution in [1.29, 1.82) is 0 Å². The summed E-state index contributed by atoms with van der Waals surface area (Å²) in [4.78, 5) is 25.1. The van der Waals surface area contributed by atoms with Crippen molar-refractivity contribution in [3.05, 3.63) is 35.4 Å². The van der Waals surface area contributed by atoms with Crippen LogP contribution in [0, 0.1) is 0 Å². The normalized spacial score (nSPS) is 23.6. The molecular formula is C15H20N4O2. The molecule has 1 aromatic carbocycles. The topological polar surface area (TPSA) is 101 Å². The first-order valence-corrected chi connectivity index (χ1v) is 7.21. The summed E-state index contributed by atoms with van der Waals surface area (Å²) in [5, 5.41) is 3.34. The van der Waals surface area contributed by atoms with Gasteiger partial charge in [-0.2, -0.15) is 0 Å². The maximum absolute atomic E-state index is 11.9. The first-order valence-electron chi connectivity index (χ1n) is 7.21. The van der Waals surface area contributed by atoms with E-state index in [2.05, 4.69) is 11.4 Å². The van der Waals surface area contributed by atoms with Crippen LogP contribution >= 0.6 is 0 Å². The van der Waals surface area contributed by atoms with Crippen LogP contribution in [0.3, 0.4) is 0 Å². The molecule has 0 bridgehead atoms. The molecule has 1 atom stereocenters. The Hall–Kier alpha value is -2.08. The molecule has 5 N–H and O–H groups in total. The number of benzene rings is 1. The lowest BCUT2D eigenvalue weighted by Crippen LogP contribution is -2.57. The number of primary amides is 2. The van der Waals surface area contributed by atoms with Crippen LogP contribution in [0.4, 0.5) is 4.79 Å². The molecular weight excluding hydrogens is 268 g/mol. The van der Waals surface area contributed by atoms with Gasteiger partial charge in [-0.25, -0.2) is 4.79 Å². The third-order valence-electron chi connectivity index (χ3n) is 4.72. The Labute approximate surface area is 123 Å². The molecule has 0 saturated carbocycles. The van der Waals surface area contributed by atoms with Gasteiger partial charge in [0, 0.05) is 12.0 Å². The number of nitrogens with two attached hydrogens (primary N) is 2. The van der Waals surface area contributed by atoms with Gasteiger partial charge in [0.05, 0.1) is 0 Å². The molecule has 6 heteroatoms. The van der Waals surface area contributed by atoms with E-state index in [1.54, 1.807) is 0 Å². The number of fused-ring (bicyclic) bond motifs is 2. The molecule has 2 aliphatic rings. The molecule has 0 aliphatic carbocycles. The summed E-state index contributed by atoms with van der Waals surface area (Å²) in [5.74, 6) is -0.537. The minimum atomic E-state index is -0.765. The number of rotatable bonds is 1. The zero-order valence-electron chi connectivity index (χ0n) is 11.8. The van der Waals surface area contributed by atoms with Crippen LogP contribution < -0.4 is 16.8 Å². The summed E-state index contributed by atoms with van der Waals surface area (Å²) in [6.07, 6.45) is 1.83. The summed E-state index contributed by atoms with van der Waals surface area (Å²) in [6, 6.07) is 6.41. The largest absolute Gasteiger partial charge is 0.368 e. The van der Waals surface area contributed by atoms with Crippen molar-refractivity contribution in [2.75, 3.05) is 19.6 Å². The molecule has 3 amide bonds. The van der Waals surface area contributed by atoms with Gasteiger partial charge in [-0.3, -0.25) is 4.79 Å². The number of piperidine rings is 1. The Kier molecular flexibility index (Phi) is 3.33. The predicted molar refractivity (Wildman–Crippen MR) is 78.4 cm³/mol. The second kappa shape index (κ2) is 5.04. The number of amides is 3. The molecule has 1 aromatic rings. The third kappa shape index (κ3) is 2.15. The van der Waals surface area contributed by atoms with Crippen LogP contribution in [-0.4, -0.2) is 36.5 Å². The van der Waals surface area contributed by atoms with E-state index in [1.807, 2.05) is 18.2 Å². The van der Waals surface area contributed by atoms with E-state index in [1.165, 1.54) is 4.90 Å². The highest BCUT2D eigenvalue weighted by Crippen LogP contribution is 2.44. The standard InChI is InChI=1S/C15H20N4O2/c16-13(20)12-10-3-1-2-4-11(10)15(5-7-18-8-6-15)9-19(12)14(17)21/h1-4,12,18H,5-9H2,(H2,16,20)(H2,17,21). The number of carbonyl (C=O) groups excluding carboxylic acids is 2. The number of nitrogens with one attached hydrogen (secondary N) is 1. The van der Waals surface area contributed by atoms with E-state index >= 15 is 0 Å². The average molecular weight is 288 g/mol. The molecule has 6 nitrogen and oxygen atoms in total. The zero-order valence-corrected chi connectivity index (χ0v) is 11.8. The predicted octanol–water partition coefficient (Wildman–Crippen LogP) is 0.229. The van der Waals surface area contributed by atoms with Gasteiger partial charge >= 0.3 is 6.03 Å². The molecule has 1 spiro atoms. The fourth-order valence-electron chi connectivity index (χ4n) is 3.73. The fraction of sp³-hybridized carbons (Fsp3) is 0.467. The second-order valence-corrected chi connectivity index (χ2v) is 5.89. The molecule has 21 heavy (non-hydrogen) atoms. The molecule has 1 unspecified atom stereocenters. The molecule has 2 aliphatic heterocycles. The number of nitrogens with zero attached hydrogens (tertiary/aromatic N) is 1. The van der Waals surface area contributed by atoms with E-state index < -0.39 is 18.0 Å². The van der Waals surface area contributed by atoms with Gasteiger partial charge < -0.3 is 21.7 Å². The first kappa shape index (κ1) is 13.9. The van der Waals surface area contributed by atoms with Gasteiger partial charge in [0.2, 0.25) is 5.91 Å². The lowest BCUT2D eigenvalue weighted by atomic mass is 9.67. The van der Waals surface area contributed by atoms with Crippen LogP contribution in [0.15, 0.2) is 24.3 Å². The minimum absolute atomic E-state index is 0.136. The Morgan fingerprint density at radius 2 is 1.86 bits per heavy atom. The van der Waals surface area contributed by atoms with Crippen LogP contribution in [0.25, 0.3) is 0 Å². The number of hydrogen-bond acceptors (Lipinski definition) is 3. The van der Waals surface area contributed by atoms with E-state index in [-0.39, 0.29) is 5.41 Å². The Balaban J connectivity index is 2.15. The van der Waals surface area contributed by atoms with Gasteiger partial charge in [0.25, 0.3) is 0 Å². The molecule has 3 rings (SSSR count). The van der Waals surface area contributed by atoms with E-state index in [4.69, 9.17) is 11.5 Å². The quantitative estimate of drug-likeness (QED) is 0.689. The van der Waals surface area contributed by atoms with Crippen LogP contribution in [-0.2, 0) is 10.2 Å². The smallest absolute Gasteiger partial charge is 0.315 e. The average Bonchev–Trinajstić information content (AvgIpc) is 2.47. The van der Waals surface area contributed by atoms with Crippen LogP contribution in [0.5, 0.6) is 0 Å². The summed E-state index contributed by atoms with van der Waals surface area (Å²) in [5.41, 5.74) is 12.8. The summed E-state index contributed by atoms with van der Waals surface area (Å²) < 4.78 is 0. The minimum Gasteiger partial charge on any atom is -0.368 e. The molecule has 1 saturated heterocycles. The van der Waals surface area contributed by atoms with Crippen molar-refractivity contribution in [2.45, 2.75) is 24.3 Å². The first-order chi connectivity index (χ1) is 10.1.